The Morgan fingerprint density at radius 3 is 2.59 bits per heavy atom. The first-order chi connectivity index (χ1) is 15.3. The third-order valence-corrected chi connectivity index (χ3v) is 6.52. The van der Waals surface area contributed by atoms with Gasteiger partial charge >= 0.3 is 0 Å². The average molecular weight is 622 g/mol. The Hall–Kier alpha value is -2.34. The maximum Gasteiger partial charge on any atom is 0.266 e. The topological polar surface area (TPSA) is 62.1 Å². The van der Waals surface area contributed by atoms with Gasteiger partial charge in [-0.15, -0.1) is 0 Å². The Labute approximate surface area is 214 Å². The van der Waals surface area contributed by atoms with Crippen molar-refractivity contribution in [2.45, 2.75) is 20.5 Å². The summed E-state index contributed by atoms with van der Waals surface area (Å²) in [4.78, 5) is 12.6. The molecule has 0 aliphatic rings. The van der Waals surface area contributed by atoms with Crippen LogP contribution < -0.4 is 10.1 Å². The van der Waals surface area contributed by atoms with Gasteiger partial charge in [-0.05, 0) is 99.4 Å². The molecule has 0 unspecified atom stereocenters. The van der Waals surface area contributed by atoms with Crippen LogP contribution in [0.15, 0.2) is 64.6 Å². The quantitative estimate of drug-likeness (QED) is 0.177. The van der Waals surface area contributed by atoms with Gasteiger partial charge < -0.3 is 10.1 Å². The third kappa shape index (κ3) is 6.12. The molecule has 0 aliphatic heterocycles. The molecular formula is C25H19BrClIN2O2. The Morgan fingerprint density at radius 2 is 1.94 bits per heavy atom. The summed E-state index contributed by atoms with van der Waals surface area (Å²) in [5, 5.41) is 12.8. The van der Waals surface area contributed by atoms with Gasteiger partial charge in [-0.2, -0.15) is 5.26 Å². The number of anilines is 1. The van der Waals surface area contributed by atoms with Crippen LogP contribution in [0.3, 0.4) is 0 Å². The Balaban J connectivity index is 1.78. The number of nitrogens with one attached hydrogen (secondary N) is 1. The molecular weight excluding hydrogens is 603 g/mol. The smallest absolute Gasteiger partial charge is 0.266 e. The minimum atomic E-state index is -0.497. The van der Waals surface area contributed by atoms with Gasteiger partial charge in [0.2, 0.25) is 0 Å². The fourth-order valence-corrected chi connectivity index (χ4v) is 4.83. The van der Waals surface area contributed by atoms with Crippen molar-refractivity contribution in [3.8, 4) is 11.8 Å². The van der Waals surface area contributed by atoms with E-state index in [1.54, 1.807) is 24.3 Å². The number of rotatable bonds is 6. The number of aryl methyl sites for hydroxylation is 1. The summed E-state index contributed by atoms with van der Waals surface area (Å²) in [5.41, 5.74) is 4.27. The molecule has 0 saturated carbocycles. The number of nitrogens with zero attached hydrogens (tertiary/aromatic N) is 1. The van der Waals surface area contributed by atoms with E-state index >= 15 is 0 Å². The van der Waals surface area contributed by atoms with Gasteiger partial charge in [-0.3, -0.25) is 4.79 Å². The zero-order chi connectivity index (χ0) is 23.3. The van der Waals surface area contributed by atoms with E-state index in [0.29, 0.717) is 28.6 Å². The molecule has 0 radical (unpaired) electrons. The van der Waals surface area contributed by atoms with Crippen molar-refractivity contribution in [2.24, 2.45) is 0 Å². The fraction of sp³-hybridized carbons (Fsp3) is 0.120. The van der Waals surface area contributed by atoms with Gasteiger partial charge in [0.05, 0.1) is 8.04 Å². The lowest BCUT2D eigenvalue weighted by atomic mass is 10.1. The number of nitriles is 1. The first-order valence-corrected chi connectivity index (χ1v) is 11.9. The summed E-state index contributed by atoms with van der Waals surface area (Å²) in [6.45, 7) is 4.29. The summed E-state index contributed by atoms with van der Waals surface area (Å²) < 4.78 is 7.60. The Morgan fingerprint density at radius 1 is 1.22 bits per heavy atom. The monoisotopic (exact) mass is 620 g/mol. The second-order valence-electron chi connectivity index (χ2n) is 7.12. The zero-order valence-electron chi connectivity index (χ0n) is 17.4. The number of benzene rings is 3. The normalized spacial score (nSPS) is 11.1. The van der Waals surface area contributed by atoms with E-state index in [1.807, 2.05) is 56.3 Å². The third-order valence-electron chi connectivity index (χ3n) is 4.72. The molecule has 0 spiro atoms. The molecule has 3 aromatic rings. The van der Waals surface area contributed by atoms with E-state index < -0.39 is 5.91 Å². The summed E-state index contributed by atoms with van der Waals surface area (Å²) >= 11 is 11.8. The van der Waals surface area contributed by atoms with Gasteiger partial charge in [0.15, 0.2) is 0 Å². The molecule has 1 N–H and O–H groups in total. The van der Waals surface area contributed by atoms with E-state index in [2.05, 4.69) is 43.8 Å². The predicted octanol–water partition coefficient (Wildman–Crippen LogP) is 7.45. The van der Waals surface area contributed by atoms with Crippen molar-refractivity contribution in [3.05, 3.63) is 95.5 Å². The van der Waals surface area contributed by atoms with Crippen LogP contribution in [0.1, 0.15) is 22.3 Å². The second-order valence-corrected chi connectivity index (χ2v) is 9.55. The molecule has 32 heavy (non-hydrogen) atoms. The van der Waals surface area contributed by atoms with Gasteiger partial charge in [-0.25, -0.2) is 0 Å². The van der Waals surface area contributed by atoms with Crippen molar-refractivity contribution in [1.29, 1.82) is 5.26 Å². The largest absolute Gasteiger partial charge is 0.487 e. The molecule has 7 heteroatoms. The van der Waals surface area contributed by atoms with Crippen LogP contribution in [0.5, 0.6) is 5.75 Å². The van der Waals surface area contributed by atoms with Crippen LogP contribution in [0.25, 0.3) is 6.08 Å². The summed E-state index contributed by atoms with van der Waals surface area (Å²) in [7, 11) is 0. The molecule has 3 rings (SSSR count). The van der Waals surface area contributed by atoms with Gasteiger partial charge in [0.1, 0.15) is 24.0 Å². The molecule has 1 amide bonds. The molecule has 162 valence electrons. The fourth-order valence-electron chi connectivity index (χ4n) is 2.89. The van der Waals surface area contributed by atoms with Crippen molar-refractivity contribution in [2.75, 3.05) is 5.32 Å². The van der Waals surface area contributed by atoms with Crippen LogP contribution in [0.2, 0.25) is 5.02 Å². The molecule has 0 fully saturated rings. The van der Waals surface area contributed by atoms with Crippen LogP contribution in [-0.2, 0) is 11.4 Å². The molecule has 0 aromatic heterocycles. The number of halogens is 3. The molecule has 0 aliphatic carbocycles. The first kappa shape index (κ1) is 24.3. The highest BCUT2D eigenvalue weighted by Gasteiger charge is 2.14. The maximum absolute atomic E-state index is 12.6. The highest BCUT2D eigenvalue weighted by atomic mass is 127. The molecule has 0 atom stereocenters. The van der Waals surface area contributed by atoms with E-state index in [4.69, 9.17) is 16.3 Å². The van der Waals surface area contributed by atoms with Gasteiger partial charge in [0.25, 0.3) is 5.91 Å². The van der Waals surface area contributed by atoms with Crippen LogP contribution in [-0.4, -0.2) is 5.91 Å². The zero-order valence-corrected chi connectivity index (χ0v) is 21.9. The van der Waals surface area contributed by atoms with Gasteiger partial charge in [-0.1, -0.05) is 47.5 Å². The van der Waals surface area contributed by atoms with Crippen molar-refractivity contribution in [1.82, 2.24) is 0 Å². The second kappa shape index (κ2) is 11.0. The van der Waals surface area contributed by atoms with Crippen LogP contribution in [0.4, 0.5) is 5.69 Å². The Kier molecular flexibility index (Phi) is 8.35. The molecule has 3 aromatic carbocycles. The number of carbonyl (C=O) groups is 1. The molecule has 0 heterocycles. The first-order valence-electron chi connectivity index (χ1n) is 9.64. The molecule has 4 nitrogen and oxygen atoms in total. The average Bonchev–Trinajstić information content (AvgIpc) is 2.76. The predicted molar refractivity (Wildman–Crippen MR) is 141 cm³/mol. The van der Waals surface area contributed by atoms with Crippen LogP contribution in [0, 0.1) is 28.7 Å². The summed E-state index contributed by atoms with van der Waals surface area (Å²) in [6, 6.07) is 19.1. The summed E-state index contributed by atoms with van der Waals surface area (Å²) in [5.74, 6) is 0.213. The maximum atomic E-state index is 12.6. The number of hydrogen-bond donors (Lipinski definition) is 1. The van der Waals surface area contributed by atoms with Crippen molar-refractivity contribution in [3.63, 3.8) is 0 Å². The minimum Gasteiger partial charge on any atom is -0.487 e. The lowest BCUT2D eigenvalue weighted by molar-refractivity contribution is -0.112. The van der Waals surface area contributed by atoms with Crippen molar-refractivity contribution < 1.29 is 9.53 Å². The lowest BCUT2D eigenvalue weighted by Crippen LogP contribution is -2.14. The van der Waals surface area contributed by atoms with Crippen LogP contribution >= 0.6 is 50.1 Å². The van der Waals surface area contributed by atoms with E-state index in [1.165, 1.54) is 5.56 Å². The van der Waals surface area contributed by atoms with Gasteiger partial charge in [0, 0.05) is 10.7 Å². The van der Waals surface area contributed by atoms with E-state index in [9.17, 15) is 10.1 Å². The summed E-state index contributed by atoms with van der Waals surface area (Å²) in [6.07, 6.45) is 1.55. The number of carbonyl (C=O) groups excluding carboxylic acids is 1. The Bertz CT molecular complexity index is 1210. The number of amides is 1. The number of ether oxygens (including phenoxy) is 1. The molecule has 0 bridgehead atoms. The lowest BCUT2D eigenvalue weighted by Gasteiger charge is -2.12. The van der Waals surface area contributed by atoms with E-state index in [-0.39, 0.29) is 5.57 Å². The number of hydrogen-bond acceptors (Lipinski definition) is 3. The van der Waals surface area contributed by atoms with E-state index in [0.717, 1.165) is 19.2 Å². The SMILES string of the molecule is Cc1ccc(COc2c(Br)cc(/C=C(/C#N)C(=O)Nc3cccc(Cl)c3C)cc2I)cc1. The highest BCUT2D eigenvalue weighted by Crippen LogP contribution is 2.33. The molecule has 0 saturated heterocycles. The minimum absolute atomic E-state index is 0.0135. The van der Waals surface area contributed by atoms with Crippen molar-refractivity contribution >= 4 is 67.8 Å². The standard InChI is InChI=1S/C25H19BrClIN2O2/c1-15-6-8-17(9-7-15)14-32-24-20(26)11-18(12-22(24)28)10-19(13-29)25(31)30-23-5-3-4-21(27)16(23)2/h3-12H,14H2,1-2H3,(H,30,31)/b19-10-. The highest BCUT2D eigenvalue weighted by molar-refractivity contribution is 14.1.